The zero-order valence-corrected chi connectivity index (χ0v) is 16.2. The second-order valence-electron chi connectivity index (χ2n) is 6.37. The van der Waals surface area contributed by atoms with Gasteiger partial charge in [-0.15, -0.1) is 0 Å². The van der Waals surface area contributed by atoms with Crippen LogP contribution in [0.3, 0.4) is 0 Å². The van der Waals surface area contributed by atoms with Crippen LogP contribution >= 0.6 is 12.2 Å². The molecule has 3 aromatic rings. The number of hydrogen-bond acceptors (Lipinski definition) is 4. The van der Waals surface area contributed by atoms with E-state index in [4.69, 9.17) is 17.0 Å². The van der Waals surface area contributed by atoms with Crippen LogP contribution < -0.4 is 0 Å². The van der Waals surface area contributed by atoms with E-state index in [0.717, 1.165) is 11.1 Å². The van der Waals surface area contributed by atoms with Gasteiger partial charge < -0.3 is 14.4 Å². The highest BCUT2D eigenvalue weighted by Gasteiger charge is 2.22. The predicted molar refractivity (Wildman–Crippen MR) is 107 cm³/mol. The lowest BCUT2D eigenvalue weighted by molar-refractivity contribution is -0.142. The average molecular weight is 385 g/mol. The maximum absolute atomic E-state index is 14.1. The molecule has 2 aromatic carbocycles. The fourth-order valence-corrected chi connectivity index (χ4v) is 3.53. The van der Waals surface area contributed by atoms with E-state index in [1.165, 1.54) is 12.1 Å². The third kappa shape index (κ3) is 3.57. The highest BCUT2D eigenvalue weighted by atomic mass is 32.1. The lowest BCUT2D eigenvalue weighted by atomic mass is 10.1. The molecule has 140 valence electrons. The van der Waals surface area contributed by atoms with Crippen molar-refractivity contribution in [1.29, 1.82) is 0 Å². The van der Waals surface area contributed by atoms with Crippen molar-refractivity contribution in [2.45, 2.75) is 27.2 Å². The standard InChI is InChI=1S/C21H20FNO3S/c1-4-26-20(25)10-15-13(3)23(18-11-17(22)19(24)9-16(15)18)21(27)14-7-5-12(2)6-8-14/h5-9,11,24H,4,10H2,1-3H3. The number of fused-ring (bicyclic) bond motifs is 1. The van der Waals surface area contributed by atoms with Crippen LogP contribution in [0.5, 0.6) is 5.75 Å². The van der Waals surface area contributed by atoms with Gasteiger partial charge in [0.15, 0.2) is 11.6 Å². The number of carbonyl (C=O) groups excluding carboxylic acids is 1. The molecule has 0 fully saturated rings. The number of rotatable bonds is 4. The van der Waals surface area contributed by atoms with Gasteiger partial charge in [0.2, 0.25) is 0 Å². The number of carbonyl (C=O) groups is 1. The topological polar surface area (TPSA) is 51.5 Å². The molecule has 27 heavy (non-hydrogen) atoms. The first kappa shape index (κ1) is 19.0. The maximum atomic E-state index is 14.1. The van der Waals surface area contributed by atoms with Crippen LogP contribution in [0.25, 0.3) is 10.9 Å². The smallest absolute Gasteiger partial charge is 0.310 e. The summed E-state index contributed by atoms with van der Waals surface area (Å²) in [6.45, 7) is 5.82. The number of esters is 1. The van der Waals surface area contributed by atoms with E-state index >= 15 is 0 Å². The molecule has 0 saturated heterocycles. The Balaban J connectivity index is 2.21. The Morgan fingerprint density at radius 3 is 2.52 bits per heavy atom. The quantitative estimate of drug-likeness (QED) is 0.533. The fourth-order valence-electron chi connectivity index (χ4n) is 3.16. The Bertz CT molecular complexity index is 1040. The van der Waals surface area contributed by atoms with E-state index in [1.54, 1.807) is 11.5 Å². The van der Waals surface area contributed by atoms with Gasteiger partial charge >= 0.3 is 5.97 Å². The summed E-state index contributed by atoms with van der Waals surface area (Å²) in [5, 5.41) is 10.4. The molecule has 1 aromatic heterocycles. The summed E-state index contributed by atoms with van der Waals surface area (Å²) in [6, 6.07) is 10.3. The first-order chi connectivity index (χ1) is 12.8. The van der Waals surface area contributed by atoms with Crippen LogP contribution in [-0.4, -0.2) is 27.2 Å². The molecule has 1 N–H and O–H groups in total. The first-order valence-electron chi connectivity index (χ1n) is 8.62. The van der Waals surface area contributed by atoms with E-state index in [9.17, 15) is 14.3 Å². The maximum Gasteiger partial charge on any atom is 0.310 e. The van der Waals surface area contributed by atoms with E-state index < -0.39 is 11.6 Å². The van der Waals surface area contributed by atoms with Gasteiger partial charge in [-0.3, -0.25) is 4.79 Å². The highest BCUT2D eigenvalue weighted by Crippen LogP contribution is 2.32. The van der Waals surface area contributed by atoms with Gasteiger partial charge in [0.1, 0.15) is 4.99 Å². The summed E-state index contributed by atoms with van der Waals surface area (Å²) in [5.74, 6) is -1.59. The Morgan fingerprint density at radius 1 is 1.22 bits per heavy atom. The molecule has 6 heteroatoms. The monoisotopic (exact) mass is 385 g/mol. The van der Waals surface area contributed by atoms with Crippen molar-refractivity contribution in [1.82, 2.24) is 4.57 Å². The second kappa shape index (κ2) is 7.48. The Kier molecular flexibility index (Phi) is 5.28. The predicted octanol–water partition coefficient (Wildman–Crippen LogP) is 4.43. The molecular weight excluding hydrogens is 365 g/mol. The van der Waals surface area contributed by atoms with Crippen LogP contribution in [0.4, 0.5) is 4.39 Å². The largest absolute Gasteiger partial charge is 0.505 e. The van der Waals surface area contributed by atoms with Gasteiger partial charge in [-0.25, -0.2) is 4.39 Å². The number of halogens is 1. The van der Waals surface area contributed by atoms with Gasteiger partial charge in [-0.1, -0.05) is 42.0 Å². The van der Waals surface area contributed by atoms with Crippen molar-refractivity contribution in [3.8, 4) is 5.75 Å². The van der Waals surface area contributed by atoms with E-state index in [-0.39, 0.29) is 19.0 Å². The van der Waals surface area contributed by atoms with Gasteiger partial charge in [0.25, 0.3) is 0 Å². The third-order valence-corrected chi connectivity index (χ3v) is 4.95. The zero-order valence-electron chi connectivity index (χ0n) is 15.4. The fraction of sp³-hybridized carbons (Fsp3) is 0.238. The van der Waals surface area contributed by atoms with Crippen LogP contribution in [0.1, 0.15) is 29.3 Å². The number of benzene rings is 2. The number of aromatic nitrogens is 1. The molecule has 1 heterocycles. The molecule has 0 saturated carbocycles. The number of phenolic OH excluding ortho intramolecular Hbond substituents is 1. The summed E-state index contributed by atoms with van der Waals surface area (Å²) in [5.41, 5.74) is 3.80. The minimum absolute atomic E-state index is 0.0186. The molecule has 0 aliphatic rings. The molecule has 4 nitrogen and oxygen atoms in total. The van der Waals surface area contributed by atoms with Crippen molar-refractivity contribution in [3.63, 3.8) is 0 Å². The third-order valence-electron chi connectivity index (χ3n) is 4.53. The molecule has 0 atom stereocenters. The number of phenols is 1. The molecule has 0 unspecified atom stereocenters. The minimum atomic E-state index is -0.740. The van der Waals surface area contributed by atoms with E-state index in [2.05, 4.69) is 0 Å². The average Bonchev–Trinajstić information content (AvgIpc) is 2.87. The summed E-state index contributed by atoms with van der Waals surface area (Å²) < 4.78 is 20.9. The molecule has 0 aliphatic carbocycles. The summed E-state index contributed by atoms with van der Waals surface area (Å²) in [4.78, 5) is 12.5. The van der Waals surface area contributed by atoms with Crippen molar-refractivity contribution in [3.05, 3.63) is 64.6 Å². The number of aromatic hydroxyl groups is 1. The lowest BCUT2D eigenvalue weighted by Gasteiger charge is -2.11. The number of thiocarbonyl (C=S) groups is 1. The van der Waals surface area contributed by atoms with Crippen LogP contribution in [-0.2, 0) is 16.0 Å². The zero-order chi connectivity index (χ0) is 19.7. The van der Waals surface area contributed by atoms with E-state index in [0.29, 0.717) is 27.1 Å². The number of ether oxygens (including phenoxy) is 1. The highest BCUT2D eigenvalue weighted by molar-refractivity contribution is 7.80. The molecule has 0 bridgehead atoms. The molecule has 0 amide bonds. The van der Waals surface area contributed by atoms with Gasteiger partial charge in [0, 0.05) is 22.7 Å². The molecule has 3 rings (SSSR count). The molecule has 0 radical (unpaired) electrons. The van der Waals surface area contributed by atoms with Gasteiger partial charge in [-0.2, -0.15) is 0 Å². The molecule has 0 spiro atoms. The summed E-state index contributed by atoms with van der Waals surface area (Å²) in [7, 11) is 0. The van der Waals surface area contributed by atoms with Gasteiger partial charge in [0.05, 0.1) is 18.5 Å². The van der Waals surface area contributed by atoms with Gasteiger partial charge in [-0.05, 0) is 32.4 Å². The molecule has 0 aliphatic heterocycles. The normalized spacial score (nSPS) is 11.0. The Morgan fingerprint density at radius 2 is 1.89 bits per heavy atom. The Labute approximate surface area is 162 Å². The number of nitrogens with zero attached hydrogens (tertiary/aromatic N) is 1. The van der Waals surface area contributed by atoms with Crippen LogP contribution in [0.15, 0.2) is 36.4 Å². The van der Waals surface area contributed by atoms with Crippen molar-refractivity contribution < 1.29 is 19.0 Å². The van der Waals surface area contributed by atoms with Crippen LogP contribution in [0.2, 0.25) is 0 Å². The minimum Gasteiger partial charge on any atom is -0.505 e. The summed E-state index contributed by atoms with van der Waals surface area (Å²) in [6.07, 6.45) is 0.0186. The van der Waals surface area contributed by atoms with E-state index in [1.807, 2.05) is 38.1 Å². The van der Waals surface area contributed by atoms with Crippen molar-refractivity contribution in [2.24, 2.45) is 0 Å². The summed E-state index contributed by atoms with van der Waals surface area (Å²) >= 11 is 5.66. The molecular formula is C21H20FNO3S. The second-order valence-corrected chi connectivity index (χ2v) is 6.76. The van der Waals surface area contributed by atoms with Crippen LogP contribution in [0, 0.1) is 19.7 Å². The Hall–Kier alpha value is -2.73. The first-order valence-corrected chi connectivity index (χ1v) is 9.03. The number of aryl methyl sites for hydroxylation is 1. The van der Waals surface area contributed by atoms with Crippen molar-refractivity contribution >= 4 is 34.1 Å². The number of hydrogen-bond donors (Lipinski definition) is 1. The SMILES string of the molecule is CCOC(=O)Cc1c(C)n(C(=S)c2ccc(C)cc2)c2cc(F)c(O)cc12. The van der Waals surface area contributed by atoms with Crippen molar-refractivity contribution in [2.75, 3.05) is 6.61 Å². The lowest BCUT2D eigenvalue weighted by Crippen LogP contribution is -2.13.